The molecule has 0 saturated carbocycles. The van der Waals surface area contributed by atoms with Crippen LogP contribution in [0.1, 0.15) is 13.8 Å². The Labute approximate surface area is 112 Å². The van der Waals surface area contributed by atoms with E-state index in [0.717, 1.165) is 6.07 Å². The number of alkyl halides is 3. The Bertz CT molecular complexity index is 501. The van der Waals surface area contributed by atoms with Crippen LogP contribution < -0.4 is 15.8 Å². The number of nitrogens with two attached hydrogens (primary N) is 1. The number of ether oxygens (including phenoxy) is 1. The van der Waals surface area contributed by atoms with E-state index in [1.807, 2.05) is 5.32 Å². The van der Waals surface area contributed by atoms with Crippen molar-refractivity contribution in [1.29, 1.82) is 0 Å². The van der Waals surface area contributed by atoms with Crippen molar-refractivity contribution >= 4 is 11.6 Å². The number of carbonyl (C=O) groups is 1. The molecule has 0 aliphatic carbocycles. The van der Waals surface area contributed by atoms with Crippen molar-refractivity contribution in [1.82, 2.24) is 0 Å². The lowest BCUT2D eigenvalue weighted by Gasteiger charge is -2.26. The molecule has 1 atom stereocenters. The van der Waals surface area contributed by atoms with Crippen molar-refractivity contribution in [2.75, 3.05) is 11.9 Å². The number of hydrogen-bond donors (Lipinski definition) is 2. The SMILES string of the molecule is CCOc1ccc(NC(=O)C(C)(N)C(F)(F)F)cc1F. The molecule has 0 fully saturated rings. The summed E-state index contributed by atoms with van der Waals surface area (Å²) in [7, 11) is 0. The molecule has 0 aliphatic rings. The molecule has 20 heavy (non-hydrogen) atoms. The van der Waals surface area contributed by atoms with Crippen LogP contribution >= 0.6 is 0 Å². The zero-order chi connectivity index (χ0) is 15.6. The number of hydrogen-bond acceptors (Lipinski definition) is 3. The predicted molar refractivity (Wildman–Crippen MR) is 64.8 cm³/mol. The summed E-state index contributed by atoms with van der Waals surface area (Å²) >= 11 is 0. The Hall–Kier alpha value is -1.83. The molecular weight excluding hydrogens is 280 g/mol. The number of benzene rings is 1. The van der Waals surface area contributed by atoms with E-state index in [4.69, 9.17) is 10.5 Å². The van der Waals surface area contributed by atoms with E-state index in [9.17, 15) is 22.4 Å². The fraction of sp³-hybridized carbons (Fsp3) is 0.417. The number of carbonyl (C=O) groups excluding carboxylic acids is 1. The van der Waals surface area contributed by atoms with Gasteiger partial charge in [0.05, 0.1) is 6.61 Å². The van der Waals surface area contributed by atoms with E-state index in [-0.39, 0.29) is 18.0 Å². The maximum atomic E-state index is 13.5. The average Bonchev–Trinajstić information content (AvgIpc) is 2.31. The third kappa shape index (κ3) is 3.38. The minimum atomic E-state index is -4.92. The molecule has 0 aromatic heterocycles. The summed E-state index contributed by atoms with van der Waals surface area (Å²) in [5, 5.41) is 1.92. The summed E-state index contributed by atoms with van der Waals surface area (Å²) in [5.74, 6) is -2.33. The highest BCUT2D eigenvalue weighted by molar-refractivity contribution is 5.98. The van der Waals surface area contributed by atoms with Crippen LogP contribution in [0.15, 0.2) is 18.2 Å². The van der Waals surface area contributed by atoms with Crippen LogP contribution in [-0.2, 0) is 4.79 Å². The molecule has 0 aliphatic heterocycles. The topological polar surface area (TPSA) is 64.3 Å². The lowest BCUT2D eigenvalue weighted by Crippen LogP contribution is -2.59. The zero-order valence-corrected chi connectivity index (χ0v) is 10.8. The van der Waals surface area contributed by atoms with Crippen molar-refractivity contribution in [3.63, 3.8) is 0 Å². The molecule has 112 valence electrons. The van der Waals surface area contributed by atoms with Gasteiger partial charge in [-0.2, -0.15) is 13.2 Å². The summed E-state index contributed by atoms with van der Waals surface area (Å²) in [5.41, 5.74) is 1.74. The van der Waals surface area contributed by atoms with Crippen molar-refractivity contribution in [3.05, 3.63) is 24.0 Å². The summed E-state index contributed by atoms with van der Waals surface area (Å²) in [6.07, 6.45) is -4.92. The average molecular weight is 294 g/mol. The van der Waals surface area contributed by atoms with Gasteiger partial charge in [0.2, 0.25) is 0 Å². The summed E-state index contributed by atoms with van der Waals surface area (Å²) in [6, 6.07) is 3.28. The quantitative estimate of drug-likeness (QED) is 0.838. The van der Waals surface area contributed by atoms with Crippen molar-refractivity contribution in [2.24, 2.45) is 5.73 Å². The van der Waals surface area contributed by atoms with Crippen LogP contribution in [0.2, 0.25) is 0 Å². The molecule has 1 amide bonds. The molecule has 4 nitrogen and oxygen atoms in total. The summed E-state index contributed by atoms with van der Waals surface area (Å²) in [6.45, 7) is 2.42. The molecular formula is C12H14F4N2O2. The normalized spacial score (nSPS) is 14.6. The molecule has 1 rings (SSSR count). The number of halogens is 4. The summed E-state index contributed by atoms with van der Waals surface area (Å²) < 4.78 is 56.1. The molecule has 0 spiro atoms. The van der Waals surface area contributed by atoms with E-state index in [1.165, 1.54) is 12.1 Å². The van der Waals surface area contributed by atoms with E-state index >= 15 is 0 Å². The van der Waals surface area contributed by atoms with Gasteiger partial charge in [0, 0.05) is 11.8 Å². The van der Waals surface area contributed by atoms with Gasteiger partial charge in [-0.3, -0.25) is 4.79 Å². The lowest BCUT2D eigenvalue weighted by molar-refractivity contribution is -0.184. The van der Waals surface area contributed by atoms with Crippen LogP contribution in [0.5, 0.6) is 5.75 Å². The van der Waals surface area contributed by atoms with Gasteiger partial charge in [-0.25, -0.2) is 4.39 Å². The number of anilines is 1. The fourth-order valence-corrected chi connectivity index (χ4v) is 1.24. The van der Waals surface area contributed by atoms with Gasteiger partial charge < -0.3 is 15.8 Å². The van der Waals surface area contributed by atoms with Crippen LogP contribution in [0.25, 0.3) is 0 Å². The van der Waals surface area contributed by atoms with Gasteiger partial charge in [-0.05, 0) is 26.0 Å². The Morgan fingerprint density at radius 2 is 2.00 bits per heavy atom. The number of rotatable bonds is 4. The second kappa shape index (κ2) is 5.66. The second-order valence-corrected chi connectivity index (χ2v) is 4.23. The molecule has 1 unspecified atom stereocenters. The molecule has 0 heterocycles. The van der Waals surface area contributed by atoms with E-state index in [0.29, 0.717) is 6.92 Å². The first-order valence-corrected chi connectivity index (χ1v) is 5.69. The van der Waals surface area contributed by atoms with Gasteiger partial charge in [-0.15, -0.1) is 0 Å². The van der Waals surface area contributed by atoms with Crippen molar-refractivity contribution < 1.29 is 27.1 Å². The van der Waals surface area contributed by atoms with E-state index < -0.39 is 23.4 Å². The Kier molecular flexibility index (Phi) is 4.59. The monoisotopic (exact) mass is 294 g/mol. The molecule has 8 heteroatoms. The highest BCUT2D eigenvalue weighted by Crippen LogP contribution is 2.29. The first-order chi connectivity index (χ1) is 9.09. The standard InChI is InChI=1S/C12H14F4N2O2/c1-3-20-9-5-4-7(6-8(9)13)18-10(19)11(2,17)12(14,15)16/h4-6H,3,17H2,1-2H3,(H,18,19). The number of amides is 1. The Morgan fingerprint density at radius 1 is 1.40 bits per heavy atom. The first-order valence-electron chi connectivity index (χ1n) is 5.69. The maximum absolute atomic E-state index is 13.5. The van der Waals surface area contributed by atoms with Gasteiger partial charge in [0.15, 0.2) is 17.1 Å². The van der Waals surface area contributed by atoms with Gasteiger partial charge >= 0.3 is 6.18 Å². The molecule has 1 aromatic carbocycles. The summed E-state index contributed by atoms with van der Waals surface area (Å²) in [4.78, 5) is 11.5. The first kappa shape index (κ1) is 16.2. The minimum absolute atomic E-state index is 0.0585. The molecule has 0 radical (unpaired) electrons. The van der Waals surface area contributed by atoms with Crippen molar-refractivity contribution in [3.8, 4) is 5.75 Å². The molecule has 3 N–H and O–H groups in total. The predicted octanol–water partition coefficient (Wildman–Crippen LogP) is 2.44. The van der Waals surface area contributed by atoms with E-state index in [2.05, 4.69) is 0 Å². The van der Waals surface area contributed by atoms with Gasteiger partial charge in [0.25, 0.3) is 5.91 Å². The van der Waals surface area contributed by atoms with Gasteiger partial charge in [0.1, 0.15) is 0 Å². The van der Waals surface area contributed by atoms with Crippen LogP contribution in [0.3, 0.4) is 0 Å². The highest BCUT2D eigenvalue weighted by Gasteiger charge is 2.53. The largest absolute Gasteiger partial charge is 0.491 e. The minimum Gasteiger partial charge on any atom is -0.491 e. The lowest BCUT2D eigenvalue weighted by atomic mass is 10.0. The number of nitrogens with one attached hydrogen (secondary N) is 1. The Morgan fingerprint density at radius 3 is 2.45 bits per heavy atom. The van der Waals surface area contributed by atoms with Crippen LogP contribution in [0, 0.1) is 5.82 Å². The van der Waals surface area contributed by atoms with Gasteiger partial charge in [-0.1, -0.05) is 0 Å². The third-order valence-electron chi connectivity index (χ3n) is 2.55. The molecule has 1 aromatic rings. The van der Waals surface area contributed by atoms with Crippen LogP contribution in [-0.4, -0.2) is 24.2 Å². The Balaban J connectivity index is 2.89. The molecule has 0 saturated heterocycles. The smallest absolute Gasteiger partial charge is 0.415 e. The fourth-order valence-electron chi connectivity index (χ4n) is 1.24. The van der Waals surface area contributed by atoms with Crippen LogP contribution in [0.4, 0.5) is 23.2 Å². The molecule has 0 bridgehead atoms. The van der Waals surface area contributed by atoms with E-state index in [1.54, 1.807) is 6.92 Å². The van der Waals surface area contributed by atoms with Crippen molar-refractivity contribution in [2.45, 2.75) is 25.6 Å². The highest BCUT2D eigenvalue weighted by atomic mass is 19.4. The zero-order valence-electron chi connectivity index (χ0n) is 10.8. The third-order valence-corrected chi connectivity index (χ3v) is 2.55. The second-order valence-electron chi connectivity index (χ2n) is 4.23. The maximum Gasteiger partial charge on any atom is 0.415 e.